The first-order valence-electron chi connectivity index (χ1n) is 7.83. The number of ether oxygens (including phenoxy) is 1. The number of benzene rings is 1. The summed E-state index contributed by atoms with van der Waals surface area (Å²) in [7, 11) is 2.06. The molecule has 0 radical (unpaired) electrons. The molecule has 2 nitrogen and oxygen atoms in total. The number of aryl methyl sites for hydroxylation is 2. The van der Waals surface area contributed by atoms with Crippen LogP contribution in [0.1, 0.15) is 45.8 Å². The summed E-state index contributed by atoms with van der Waals surface area (Å²) in [6.45, 7) is 2.14. The molecule has 2 aromatic rings. The molecule has 2 unspecified atom stereocenters. The van der Waals surface area contributed by atoms with Crippen molar-refractivity contribution in [2.24, 2.45) is 0 Å². The van der Waals surface area contributed by atoms with Gasteiger partial charge in [-0.05, 0) is 62.1 Å². The zero-order valence-electron chi connectivity index (χ0n) is 12.6. The Balaban J connectivity index is 1.68. The van der Waals surface area contributed by atoms with Gasteiger partial charge in [-0.1, -0.05) is 12.1 Å². The van der Waals surface area contributed by atoms with Gasteiger partial charge in [-0.3, -0.25) is 0 Å². The third-order valence-electron chi connectivity index (χ3n) is 4.59. The van der Waals surface area contributed by atoms with Crippen molar-refractivity contribution in [3.63, 3.8) is 0 Å². The molecule has 110 valence electrons. The van der Waals surface area contributed by atoms with Gasteiger partial charge in [-0.2, -0.15) is 0 Å². The lowest BCUT2D eigenvalue weighted by atomic mass is 10.0. The monoisotopic (exact) mass is 299 g/mol. The zero-order chi connectivity index (χ0) is 14.4. The maximum atomic E-state index is 5.81. The summed E-state index contributed by atoms with van der Waals surface area (Å²) in [4.78, 5) is 3.05. The van der Waals surface area contributed by atoms with E-state index in [0.29, 0.717) is 12.1 Å². The highest BCUT2D eigenvalue weighted by atomic mass is 32.1. The van der Waals surface area contributed by atoms with E-state index in [4.69, 9.17) is 4.74 Å². The van der Waals surface area contributed by atoms with Crippen LogP contribution in [0, 0.1) is 0 Å². The molecule has 4 rings (SSSR count). The number of nitrogens with one attached hydrogen (secondary N) is 1. The van der Waals surface area contributed by atoms with Gasteiger partial charge in [0.25, 0.3) is 0 Å². The summed E-state index contributed by atoms with van der Waals surface area (Å²) >= 11 is 1.99. The van der Waals surface area contributed by atoms with Crippen molar-refractivity contribution < 1.29 is 4.74 Å². The van der Waals surface area contributed by atoms with Gasteiger partial charge in [0.1, 0.15) is 11.9 Å². The SMILES string of the molecule is CNC(c1ccc2c(c1)CC(C)O2)c1cc2c(s1)CCC2. The van der Waals surface area contributed by atoms with E-state index in [9.17, 15) is 0 Å². The van der Waals surface area contributed by atoms with Crippen molar-refractivity contribution in [1.82, 2.24) is 5.32 Å². The van der Waals surface area contributed by atoms with Crippen LogP contribution >= 0.6 is 11.3 Å². The maximum Gasteiger partial charge on any atom is 0.123 e. The van der Waals surface area contributed by atoms with Crippen molar-refractivity contribution in [2.45, 2.75) is 44.8 Å². The Hall–Kier alpha value is -1.32. The van der Waals surface area contributed by atoms with Crippen LogP contribution in [0.2, 0.25) is 0 Å². The van der Waals surface area contributed by atoms with Gasteiger partial charge in [0.05, 0.1) is 6.04 Å². The second-order valence-corrected chi connectivity index (χ2v) is 7.34. The molecule has 0 amide bonds. The fourth-order valence-corrected chi connectivity index (χ4v) is 4.99. The fraction of sp³-hybridized carbons (Fsp3) is 0.444. The number of hydrogen-bond acceptors (Lipinski definition) is 3. The van der Waals surface area contributed by atoms with E-state index in [0.717, 1.165) is 12.2 Å². The summed E-state index contributed by atoms with van der Waals surface area (Å²) in [6.07, 6.45) is 5.21. The van der Waals surface area contributed by atoms with E-state index in [1.54, 1.807) is 10.4 Å². The molecule has 0 bridgehead atoms. The van der Waals surface area contributed by atoms with E-state index in [1.807, 2.05) is 11.3 Å². The topological polar surface area (TPSA) is 21.3 Å². The summed E-state index contributed by atoms with van der Waals surface area (Å²) in [5, 5.41) is 3.50. The minimum absolute atomic E-state index is 0.307. The number of rotatable bonds is 3. The van der Waals surface area contributed by atoms with Crippen molar-refractivity contribution in [3.8, 4) is 5.75 Å². The molecule has 1 N–H and O–H groups in total. The van der Waals surface area contributed by atoms with Crippen LogP contribution in [0.25, 0.3) is 0 Å². The second kappa shape index (κ2) is 5.15. The Morgan fingerprint density at radius 3 is 2.95 bits per heavy atom. The van der Waals surface area contributed by atoms with Crippen molar-refractivity contribution in [2.75, 3.05) is 7.05 Å². The van der Waals surface area contributed by atoms with Crippen molar-refractivity contribution >= 4 is 11.3 Å². The third-order valence-corrected chi connectivity index (χ3v) is 5.89. The fourth-order valence-electron chi connectivity index (χ4n) is 3.59. The van der Waals surface area contributed by atoms with Crippen LogP contribution in [-0.4, -0.2) is 13.2 Å². The van der Waals surface area contributed by atoms with Crippen LogP contribution in [0.15, 0.2) is 24.3 Å². The Bertz CT molecular complexity index is 654. The molecule has 0 saturated carbocycles. The van der Waals surface area contributed by atoms with E-state index in [2.05, 4.69) is 43.6 Å². The summed E-state index contributed by atoms with van der Waals surface area (Å²) in [5.41, 5.74) is 4.28. The van der Waals surface area contributed by atoms with Gasteiger partial charge >= 0.3 is 0 Å². The molecule has 0 fully saturated rings. The summed E-state index contributed by atoms with van der Waals surface area (Å²) in [5.74, 6) is 1.06. The van der Waals surface area contributed by atoms with Crippen LogP contribution < -0.4 is 10.1 Å². The lowest BCUT2D eigenvalue weighted by Crippen LogP contribution is -2.16. The van der Waals surface area contributed by atoms with E-state index in [1.165, 1.54) is 35.3 Å². The molecule has 1 aromatic heterocycles. The molecule has 0 saturated heterocycles. The first-order chi connectivity index (χ1) is 10.2. The molecule has 1 aliphatic carbocycles. The van der Waals surface area contributed by atoms with E-state index < -0.39 is 0 Å². The number of thiophene rings is 1. The summed E-state index contributed by atoms with van der Waals surface area (Å²) in [6, 6.07) is 9.40. The summed E-state index contributed by atoms with van der Waals surface area (Å²) < 4.78 is 5.81. The smallest absolute Gasteiger partial charge is 0.123 e. The predicted octanol–water partition coefficient (Wildman–Crippen LogP) is 3.87. The van der Waals surface area contributed by atoms with Gasteiger partial charge in [0, 0.05) is 16.2 Å². The molecule has 21 heavy (non-hydrogen) atoms. The van der Waals surface area contributed by atoms with Gasteiger partial charge in [0.2, 0.25) is 0 Å². The van der Waals surface area contributed by atoms with Gasteiger partial charge in [-0.15, -0.1) is 11.3 Å². The van der Waals surface area contributed by atoms with Gasteiger partial charge < -0.3 is 10.1 Å². The van der Waals surface area contributed by atoms with Crippen LogP contribution in [0.5, 0.6) is 5.75 Å². The lowest BCUT2D eigenvalue weighted by molar-refractivity contribution is 0.254. The lowest BCUT2D eigenvalue weighted by Gasteiger charge is -2.16. The van der Waals surface area contributed by atoms with Gasteiger partial charge in [-0.25, -0.2) is 0 Å². The van der Waals surface area contributed by atoms with Gasteiger partial charge in [0.15, 0.2) is 0 Å². The average molecular weight is 299 g/mol. The Morgan fingerprint density at radius 2 is 2.14 bits per heavy atom. The highest BCUT2D eigenvalue weighted by Gasteiger charge is 2.23. The molecule has 3 heteroatoms. The van der Waals surface area contributed by atoms with E-state index >= 15 is 0 Å². The molecular formula is C18H21NOS. The third kappa shape index (κ3) is 2.29. The molecule has 2 aliphatic rings. The standard InChI is InChI=1S/C18H21NOS/c1-11-8-14-9-13(6-7-15(14)20-11)18(19-2)17-10-12-4-3-5-16(12)21-17/h6-7,9-11,18-19H,3-5,8H2,1-2H3. The van der Waals surface area contributed by atoms with Crippen LogP contribution in [0.4, 0.5) is 0 Å². The maximum absolute atomic E-state index is 5.81. The highest BCUT2D eigenvalue weighted by Crippen LogP contribution is 2.38. The van der Waals surface area contributed by atoms with Crippen molar-refractivity contribution in [3.05, 3.63) is 50.7 Å². The molecule has 1 aliphatic heterocycles. The van der Waals surface area contributed by atoms with Crippen LogP contribution in [0.3, 0.4) is 0 Å². The Kier molecular flexibility index (Phi) is 3.27. The minimum Gasteiger partial charge on any atom is -0.490 e. The van der Waals surface area contributed by atoms with E-state index in [-0.39, 0.29) is 0 Å². The van der Waals surface area contributed by atoms with Crippen LogP contribution in [-0.2, 0) is 19.3 Å². The molecule has 1 aromatic carbocycles. The highest BCUT2D eigenvalue weighted by molar-refractivity contribution is 7.12. The Labute approximate surface area is 130 Å². The molecule has 0 spiro atoms. The first-order valence-corrected chi connectivity index (χ1v) is 8.64. The predicted molar refractivity (Wildman–Crippen MR) is 87.5 cm³/mol. The molecule has 2 heterocycles. The normalized spacial score (nSPS) is 21.0. The second-order valence-electron chi connectivity index (χ2n) is 6.17. The molecular weight excluding hydrogens is 278 g/mol. The van der Waals surface area contributed by atoms with Crippen molar-refractivity contribution in [1.29, 1.82) is 0 Å². The quantitative estimate of drug-likeness (QED) is 0.929. The first kappa shape index (κ1) is 13.4. The number of fused-ring (bicyclic) bond motifs is 2. The molecule has 2 atom stereocenters. The largest absolute Gasteiger partial charge is 0.490 e. The average Bonchev–Trinajstić information content (AvgIpc) is 3.12. The Morgan fingerprint density at radius 1 is 1.24 bits per heavy atom. The minimum atomic E-state index is 0.307. The number of hydrogen-bond donors (Lipinski definition) is 1. The zero-order valence-corrected chi connectivity index (χ0v) is 13.4.